The van der Waals surface area contributed by atoms with Crippen molar-refractivity contribution in [1.82, 2.24) is 19.8 Å². The highest BCUT2D eigenvalue weighted by Crippen LogP contribution is 2.18. The van der Waals surface area contributed by atoms with E-state index in [4.69, 9.17) is 10.5 Å². The molecule has 1 aromatic heterocycles. The minimum absolute atomic E-state index is 0.511. The summed E-state index contributed by atoms with van der Waals surface area (Å²) in [5.41, 5.74) is 7.01. The summed E-state index contributed by atoms with van der Waals surface area (Å²) in [5.74, 6) is 1.38. The lowest BCUT2D eigenvalue weighted by Crippen LogP contribution is -2.52. The monoisotopic (exact) mass is 329 g/mol. The van der Waals surface area contributed by atoms with E-state index in [0.717, 1.165) is 62.7 Å². The number of nitrogen functional groups attached to an aromatic ring is 1. The molecular formula is C18H27N5O. The number of ether oxygens (including phenoxy) is 1. The average Bonchev–Trinajstić information content (AvgIpc) is 2.57. The summed E-state index contributed by atoms with van der Waals surface area (Å²) in [5, 5.41) is 0.926. The number of para-hydroxylation sites is 1. The maximum Gasteiger partial charge on any atom is 0.145 e. The first-order chi connectivity index (χ1) is 11.7. The zero-order chi connectivity index (χ0) is 16.9. The van der Waals surface area contributed by atoms with Crippen molar-refractivity contribution < 1.29 is 4.74 Å². The van der Waals surface area contributed by atoms with Crippen LogP contribution in [0.15, 0.2) is 24.3 Å². The highest BCUT2D eigenvalue weighted by atomic mass is 16.5. The van der Waals surface area contributed by atoms with Gasteiger partial charge in [0.15, 0.2) is 0 Å². The van der Waals surface area contributed by atoms with Crippen LogP contribution in [0.25, 0.3) is 10.9 Å². The van der Waals surface area contributed by atoms with Crippen LogP contribution >= 0.6 is 0 Å². The molecule has 0 saturated carbocycles. The van der Waals surface area contributed by atoms with Crippen LogP contribution in [0.5, 0.6) is 0 Å². The minimum Gasteiger partial charge on any atom is -0.383 e. The molecule has 3 rings (SSSR count). The van der Waals surface area contributed by atoms with Gasteiger partial charge in [0.25, 0.3) is 0 Å². The van der Waals surface area contributed by atoms with Crippen LogP contribution in [-0.2, 0) is 11.3 Å². The Bertz CT molecular complexity index is 678. The standard InChI is InChI=1S/C18H27N5O/c1-3-24-11-10-23-9-8-22(12-14(23)2)13-17-20-16-7-5-4-6-15(16)18(19)21-17/h4-7,14H,3,8-13H2,1-2H3,(H2,19,20,21). The molecule has 24 heavy (non-hydrogen) atoms. The first-order valence-corrected chi connectivity index (χ1v) is 8.72. The normalized spacial score (nSPS) is 19.8. The van der Waals surface area contributed by atoms with Gasteiger partial charge >= 0.3 is 0 Å². The van der Waals surface area contributed by atoms with Crippen LogP contribution in [0, 0.1) is 0 Å². The van der Waals surface area contributed by atoms with E-state index in [-0.39, 0.29) is 0 Å². The second-order valence-corrected chi connectivity index (χ2v) is 6.36. The topological polar surface area (TPSA) is 67.5 Å². The molecule has 0 radical (unpaired) electrons. The molecule has 1 aliphatic rings. The molecule has 1 saturated heterocycles. The van der Waals surface area contributed by atoms with E-state index in [2.05, 4.69) is 26.7 Å². The Morgan fingerprint density at radius 1 is 1.25 bits per heavy atom. The van der Waals surface area contributed by atoms with E-state index in [9.17, 15) is 0 Å². The molecule has 1 atom stereocenters. The molecule has 1 unspecified atom stereocenters. The molecule has 6 heteroatoms. The van der Waals surface area contributed by atoms with Crippen molar-refractivity contribution >= 4 is 16.7 Å². The van der Waals surface area contributed by atoms with Crippen LogP contribution in [0.3, 0.4) is 0 Å². The Morgan fingerprint density at radius 3 is 2.88 bits per heavy atom. The number of hydrogen-bond acceptors (Lipinski definition) is 6. The maximum absolute atomic E-state index is 6.09. The zero-order valence-electron chi connectivity index (χ0n) is 14.6. The van der Waals surface area contributed by atoms with E-state index in [1.54, 1.807) is 0 Å². The third kappa shape index (κ3) is 4.01. The second-order valence-electron chi connectivity index (χ2n) is 6.36. The van der Waals surface area contributed by atoms with Gasteiger partial charge in [-0.1, -0.05) is 12.1 Å². The van der Waals surface area contributed by atoms with Crippen molar-refractivity contribution in [3.8, 4) is 0 Å². The summed E-state index contributed by atoms with van der Waals surface area (Å²) in [4.78, 5) is 14.1. The molecule has 0 bridgehead atoms. The fourth-order valence-electron chi connectivity index (χ4n) is 3.29. The first kappa shape index (κ1) is 17.1. The molecule has 1 fully saturated rings. The Labute approximate surface area is 143 Å². The van der Waals surface area contributed by atoms with Gasteiger partial charge in [-0.2, -0.15) is 0 Å². The molecule has 1 aromatic carbocycles. The third-order valence-electron chi connectivity index (χ3n) is 4.62. The van der Waals surface area contributed by atoms with E-state index < -0.39 is 0 Å². The van der Waals surface area contributed by atoms with Gasteiger partial charge in [0.05, 0.1) is 18.7 Å². The van der Waals surface area contributed by atoms with Gasteiger partial charge in [-0.25, -0.2) is 9.97 Å². The molecule has 0 aliphatic carbocycles. The zero-order valence-corrected chi connectivity index (χ0v) is 14.6. The van der Waals surface area contributed by atoms with Gasteiger partial charge in [-0.15, -0.1) is 0 Å². The molecule has 130 valence electrons. The van der Waals surface area contributed by atoms with Crippen LogP contribution < -0.4 is 5.73 Å². The summed E-state index contributed by atoms with van der Waals surface area (Å²) in [7, 11) is 0. The predicted octanol–water partition coefficient (Wildman–Crippen LogP) is 1.75. The molecule has 6 nitrogen and oxygen atoms in total. The lowest BCUT2D eigenvalue weighted by molar-refractivity contribution is 0.0458. The molecule has 0 spiro atoms. The second kappa shape index (κ2) is 7.88. The third-order valence-corrected chi connectivity index (χ3v) is 4.62. The molecular weight excluding hydrogens is 302 g/mol. The Balaban J connectivity index is 1.61. The quantitative estimate of drug-likeness (QED) is 0.815. The smallest absolute Gasteiger partial charge is 0.145 e. The number of nitrogens with two attached hydrogens (primary N) is 1. The number of benzene rings is 1. The fraction of sp³-hybridized carbons (Fsp3) is 0.556. The molecule has 2 aromatic rings. The van der Waals surface area contributed by atoms with Crippen molar-refractivity contribution in [2.75, 3.05) is 45.1 Å². The molecule has 0 amide bonds. The van der Waals surface area contributed by atoms with Gasteiger partial charge in [0.2, 0.25) is 0 Å². The van der Waals surface area contributed by atoms with Crippen LogP contribution in [0.4, 0.5) is 5.82 Å². The van der Waals surface area contributed by atoms with E-state index in [1.807, 2.05) is 31.2 Å². The summed E-state index contributed by atoms with van der Waals surface area (Å²) in [6, 6.07) is 8.42. The SMILES string of the molecule is CCOCCN1CCN(Cc2nc(N)c3ccccc3n2)CC1C. The fourth-order valence-corrected chi connectivity index (χ4v) is 3.29. The van der Waals surface area contributed by atoms with Crippen LogP contribution in [0.1, 0.15) is 19.7 Å². The predicted molar refractivity (Wildman–Crippen MR) is 96.8 cm³/mol. The van der Waals surface area contributed by atoms with Crippen molar-refractivity contribution in [3.05, 3.63) is 30.1 Å². The summed E-state index contributed by atoms with van der Waals surface area (Å²) in [6.07, 6.45) is 0. The molecule has 1 aliphatic heterocycles. The van der Waals surface area contributed by atoms with E-state index in [1.165, 1.54) is 0 Å². The Morgan fingerprint density at radius 2 is 2.08 bits per heavy atom. The van der Waals surface area contributed by atoms with Gasteiger partial charge in [0, 0.05) is 44.2 Å². The van der Waals surface area contributed by atoms with Crippen LogP contribution in [0.2, 0.25) is 0 Å². The largest absolute Gasteiger partial charge is 0.383 e. The lowest BCUT2D eigenvalue weighted by atomic mass is 10.2. The maximum atomic E-state index is 6.09. The van der Waals surface area contributed by atoms with Crippen molar-refractivity contribution in [2.45, 2.75) is 26.4 Å². The lowest BCUT2D eigenvalue weighted by Gasteiger charge is -2.39. The average molecular weight is 329 g/mol. The van der Waals surface area contributed by atoms with Crippen molar-refractivity contribution in [1.29, 1.82) is 0 Å². The number of rotatable bonds is 6. The van der Waals surface area contributed by atoms with Gasteiger partial charge in [-0.3, -0.25) is 9.80 Å². The van der Waals surface area contributed by atoms with E-state index in [0.29, 0.717) is 11.9 Å². The Kier molecular flexibility index (Phi) is 5.60. The van der Waals surface area contributed by atoms with Gasteiger partial charge < -0.3 is 10.5 Å². The van der Waals surface area contributed by atoms with Gasteiger partial charge in [0.1, 0.15) is 11.6 Å². The summed E-state index contributed by atoms with van der Waals surface area (Å²) < 4.78 is 5.47. The summed E-state index contributed by atoms with van der Waals surface area (Å²) in [6.45, 7) is 10.7. The summed E-state index contributed by atoms with van der Waals surface area (Å²) >= 11 is 0. The van der Waals surface area contributed by atoms with Crippen LogP contribution in [-0.4, -0.2) is 65.2 Å². The number of aromatic nitrogens is 2. The number of hydrogen-bond donors (Lipinski definition) is 1. The molecule has 2 heterocycles. The number of nitrogens with zero attached hydrogens (tertiary/aromatic N) is 4. The van der Waals surface area contributed by atoms with Gasteiger partial charge in [-0.05, 0) is 26.0 Å². The number of anilines is 1. The first-order valence-electron chi connectivity index (χ1n) is 8.72. The molecule has 2 N–H and O–H groups in total. The highest BCUT2D eigenvalue weighted by Gasteiger charge is 2.24. The highest BCUT2D eigenvalue weighted by molar-refractivity contribution is 5.87. The van der Waals surface area contributed by atoms with Crippen molar-refractivity contribution in [2.24, 2.45) is 0 Å². The van der Waals surface area contributed by atoms with E-state index >= 15 is 0 Å². The minimum atomic E-state index is 0.511. The number of fused-ring (bicyclic) bond motifs is 1. The van der Waals surface area contributed by atoms with Crippen molar-refractivity contribution in [3.63, 3.8) is 0 Å². The number of piperazine rings is 1. The Hall–Kier alpha value is -1.76.